The molecule has 220 valence electrons. The molecule has 0 unspecified atom stereocenters. The van der Waals surface area contributed by atoms with Crippen molar-refractivity contribution in [2.75, 3.05) is 37.9 Å². The number of anilines is 1. The zero-order chi connectivity index (χ0) is 29.6. The molecule has 5 rings (SSSR count). The van der Waals surface area contributed by atoms with Crippen LogP contribution < -0.4 is 14.4 Å². The van der Waals surface area contributed by atoms with Crippen molar-refractivity contribution in [1.29, 1.82) is 0 Å². The third kappa shape index (κ3) is 8.59. The van der Waals surface area contributed by atoms with Gasteiger partial charge in [-0.15, -0.1) is 0 Å². The number of rotatable bonds is 3. The van der Waals surface area contributed by atoms with Gasteiger partial charge < -0.3 is 24.6 Å². The van der Waals surface area contributed by atoms with Gasteiger partial charge in [-0.2, -0.15) is 26.3 Å². The molecule has 4 heterocycles. The van der Waals surface area contributed by atoms with Gasteiger partial charge in [-0.3, -0.25) is 4.90 Å². The van der Waals surface area contributed by atoms with E-state index in [1.807, 2.05) is 24.5 Å². The van der Waals surface area contributed by atoms with E-state index in [9.17, 15) is 26.3 Å². The standard InChI is InChI=1S/C20H24N4O2.2C2HF3O2/c1-7-21-19(22-8-1)24-11-6-20(14-24)4-9-23(10-5-20)13-16-2-3-17-18(12-16)26-15-25-17;2*3-2(4,5)1(6)7/h1-3,7-8,12H,4-6,9-11,13-15H2;2*(H,6,7). The van der Waals surface area contributed by atoms with Gasteiger partial charge in [0.2, 0.25) is 12.7 Å². The summed E-state index contributed by atoms with van der Waals surface area (Å²) in [5.41, 5.74) is 1.74. The lowest BCUT2D eigenvalue weighted by molar-refractivity contribution is -0.193. The van der Waals surface area contributed by atoms with E-state index in [1.165, 1.54) is 24.8 Å². The average Bonchev–Trinajstić information content (AvgIpc) is 3.53. The van der Waals surface area contributed by atoms with Gasteiger partial charge in [-0.05, 0) is 61.5 Å². The van der Waals surface area contributed by atoms with Gasteiger partial charge in [0.15, 0.2) is 11.5 Å². The van der Waals surface area contributed by atoms with Crippen molar-refractivity contribution in [2.24, 2.45) is 5.41 Å². The first-order chi connectivity index (χ1) is 18.7. The zero-order valence-corrected chi connectivity index (χ0v) is 20.9. The van der Waals surface area contributed by atoms with E-state index >= 15 is 0 Å². The number of aliphatic carboxylic acids is 2. The molecule has 0 radical (unpaired) electrons. The number of hydrogen-bond donors (Lipinski definition) is 2. The van der Waals surface area contributed by atoms with E-state index in [0.717, 1.165) is 50.2 Å². The van der Waals surface area contributed by atoms with Gasteiger partial charge in [0.25, 0.3) is 0 Å². The Labute approximate surface area is 224 Å². The Bertz CT molecular complexity index is 1130. The molecule has 1 aromatic heterocycles. The number of likely N-dealkylation sites (tertiary alicyclic amines) is 1. The Kier molecular flexibility index (Phi) is 9.65. The largest absolute Gasteiger partial charge is 0.490 e. The highest BCUT2D eigenvalue weighted by Gasteiger charge is 2.41. The summed E-state index contributed by atoms with van der Waals surface area (Å²) in [4.78, 5) is 31.5. The topological polar surface area (TPSA) is 125 Å². The summed E-state index contributed by atoms with van der Waals surface area (Å²) in [6.45, 7) is 5.79. The van der Waals surface area contributed by atoms with Crippen molar-refractivity contribution in [2.45, 2.75) is 38.2 Å². The number of carbonyl (C=O) groups is 2. The van der Waals surface area contributed by atoms with Gasteiger partial charge in [0, 0.05) is 32.0 Å². The fraction of sp³-hybridized carbons (Fsp3) is 0.500. The molecule has 2 saturated heterocycles. The van der Waals surface area contributed by atoms with Crippen LogP contribution in [0.4, 0.5) is 32.3 Å². The van der Waals surface area contributed by atoms with Crippen molar-refractivity contribution >= 4 is 17.9 Å². The normalized spacial score (nSPS) is 17.9. The second-order valence-electron chi connectivity index (χ2n) is 9.29. The smallest absolute Gasteiger partial charge is 0.475 e. The number of alkyl halides is 6. The van der Waals surface area contributed by atoms with Crippen molar-refractivity contribution in [3.8, 4) is 11.5 Å². The van der Waals surface area contributed by atoms with E-state index in [1.54, 1.807) is 0 Å². The predicted octanol–water partition coefficient (Wildman–Crippen LogP) is 3.96. The molecule has 2 fully saturated rings. The zero-order valence-electron chi connectivity index (χ0n) is 20.9. The maximum absolute atomic E-state index is 10.6. The van der Waals surface area contributed by atoms with E-state index in [0.29, 0.717) is 12.2 Å². The van der Waals surface area contributed by atoms with E-state index in [-0.39, 0.29) is 0 Å². The van der Waals surface area contributed by atoms with E-state index in [2.05, 4.69) is 31.9 Å². The third-order valence-electron chi connectivity index (χ3n) is 6.52. The first-order valence-electron chi connectivity index (χ1n) is 11.9. The molecule has 10 nitrogen and oxygen atoms in total. The quantitative estimate of drug-likeness (QED) is 0.516. The minimum Gasteiger partial charge on any atom is -0.475 e. The third-order valence-corrected chi connectivity index (χ3v) is 6.52. The van der Waals surface area contributed by atoms with Crippen LogP contribution >= 0.6 is 0 Å². The highest BCUT2D eigenvalue weighted by atomic mass is 19.4. The molecule has 40 heavy (non-hydrogen) atoms. The first-order valence-corrected chi connectivity index (χ1v) is 11.9. The summed E-state index contributed by atoms with van der Waals surface area (Å²) < 4.78 is 74.4. The number of ether oxygens (including phenoxy) is 2. The molecular weight excluding hydrogens is 554 g/mol. The number of benzene rings is 1. The van der Waals surface area contributed by atoms with Crippen LogP contribution in [0.5, 0.6) is 11.5 Å². The number of aromatic nitrogens is 2. The van der Waals surface area contributed by atoms with Gasteiger partial charge in [-0.1, -0.05) is 6.07 Å². The van der Waals surface area contributed by atoms with Crippen LogP contribution in [0.1, 0.15) is 24.8 Å². The maximum atomic E-state index is 10.6. The number of halogens is 6. The highest BCUT2D eigenvalue weighted by molar-refractivity contribution is 5.73. The van der Waals surface area contributed by atoms with Crippen LogP contribution in [-0.2, 0) is 16.1 Å². The molecule has 2 N–H and O–H groups in total. The molecular formula is C24H26F6N4O6. The fourth-order valence-electron chi connectivity index (χ4n) is 4.45. The van der Waals surface area contributed by atoms with Crippen LogP contribution in [-0.4, -0.2) is 82.3 Å². The molecule has 3 aliphatic heterocycles. The summed E-state index contributed by atoms with van der Waals surface area (Å²) in [5.74, 6) is -2.89. The van der Waals surface area contributed by atoms with Gasteiger partial charge in [0.1, 0.15) is 0 Å². The Hall–Kier alpha value is -3.82. The van der Waals surface area contributed by atoms with Crippen molar-refractivity contribution in [3.63, 3.8) is 0 Å². The van der Waals surface area contributed by atoms with Crippen LogP contribution in [0.2, 0.25) is 0 Å². The average molecular weight is 580 g/mol. The molecule has 0 bridgehead atoms. The molecule has 0 amide bonds. The lowest BCUT2D eigenvalue weighted by Crippen LogP contribution is -2.41. The molecule has 0 saturated carbocycles. The van der Waals surface area contributed by atoms with Crippen molar-refractivity contribution in [3.05, 3.63) is 42.2 Å². The van der Waals surface area contributed by atoms with Gasteiger partial charge >= 0.3 is 24.3 Å². The number of hydrogen-bond acceptors (Lipinski definition) is 8. The SMILES string of the molecule is O=C(O)C(F)(F)F.O=C(O)C(F)(F)F.c1cnc(N2CCC3(CCN(Cc4ccc5c(c4)OCO5)CC3)C2)nc1. The Balaban J connectivity index is 0.000000263. The molecule has 0 aliphatic carbocycles. The summed E-state index contributed by atoms with van der Waals surface area (Å²) in [7, 11) is 0. The number of carboxylic acids is 2. The minimum absolute atomic E-state index is 0.340. The lowest BCUT2D eigenvalue weighted by atomic mass is 9.77. The van der Waals surface area contributed by atoms with Crippen LogP contribution in [0.25, 0.3) is 0 Å². The van der Waals surface area contributed by atoms with Crippen molar-refractivity contribution < 1.29 is 55.6 Å². The monoisotopic (exact) mass is 580 g/mol. The second-order valence-corrected chi connectivity index (χ2v) is 9.29. The molecule has 2 aromatic rings. The van der Waals surface area contributed by atoms with E-state index < -0.39 is 24.3 Å². The van der Waals surface area contributed by atoms with E-state index in [4.69, 9.17) is 29.3 Å². The Morgan fingerprint density at radius 3 is 1.95 bits per heavy atom. The summed E-state index contributed by atoms with van der Waals surface area (Å²) in [6, 6.07) is 8.18. The minimum atomic E-state index is -5.08. The van der Waals surface area contributed by atoms with Crippen LogP contribution in [0.3, 0.4) is 0 Å². The van der Waals surface area contributed by atoms with Gasteiger partial charge in [0.05, 0.1) is 0 Å². The number of piperidine rings is 1. The number of fused-ring (bicyclic) bond motifs is 1. The Morgan fingerprint density at radius 2 is 1.40 bits per heavy atom. The molecule has 16 heteroatoms. The fourth-order valence-corrected chi connectivity index (χ4v) is 4.45. The number of carboxylic acid groups (broad SMARTS) is 2. The molecule has 1 aromatic carbocycles. The molecule has 1 spiro atoms. The van der Waals surface area contributed by atoms with Gasteiger partial charge in [-0.25, -0.2) is 19.6 Å². The summed E-state index contributed by atoms with van der Waals surface area (Å²) in [6.07, 6.45) is -2.74. The molecule has 0 atom stereocenters. The second kappa shape index (κ2) is 12.6. The van der Waals surface area contributed by atoms with Crippen LogP contribution in [0.15, 0.2) is 36.7 Å². The predicted molar refractivity (Wildman–Crippen MR) is 126 cm³/mol. The Morgan fingerprint density at radius 1 is 0.875 bits per heavy atom. The summed E-state index contributed by atoms with van der Waals surface area (Å²) >= 11 is 0. The first kappa shape index (κ1) is 30.7. The highest BCUT2D eigenvalue weighted by Crippen LogP contribution is 2.41. The lowest BCUT2D eigenvalue weighted by Gasteiger charge is -2.39. The van der Waals surface area contributed by atoms with Crippen molar-refractivity contribution in [1.82, 2.24) is 14.9 Å². The summed E-state index contributed by atoms with van der Waals surface area (Å²) in [5, 5.41) is 14.2. The molecule has 3 aliphatic rings. The van der Waals surface area contributed by atoms with Crippen LogP contribution in [0, 0.1) is 5.41 Å². The number of nitrogens with zero attached hydrogens (tertiary/aromatic N) is 4. The maximum Gasteiger partial charge on any atom is 0.490 e.